The van der Waals surface area contributed by atoms with Crippen molar-refractivity contribution in [2.24, 2.45) is 0 Å². The highest BCUT2D eigenvalue weighted by atomic mass is 32.1. The number of rotatable bonds is 6. The molecule has 148 valence electrons. The van der Waals surface area contributed by atoms with E-state index in [1.165, 1.54) is 47.4 Å². The van der Waals surface area contributed by atoms with E-state index in [1.54, 1.807) is 48.9 Å². The Morgan fingerprint density at radius 2 is 2.00 bits per heavy atom. The lowest BCUT2D eigenvalue weighted by Crippen LogP contribution is -2.23. The zero-order valence-corrected chi connectivity index (χ0v) is 16.6. The molecule has 0 radical (unpaired) electrons. The van der Waals surface area contributed by atoms with Crippen molar-refractivity contribution in [1.82, 2.24) is 4.98 Å². The number of carbonyl (C=O) groups is 2. The van der Waals surface area contributed by atoms with Crippen LogP contribution in [-0.4, -0.2) is 23.9 Å². The summed E-state index contributed by atoms with van der Waals surface area (Å²) in [5.41, 5.74) is 1.20. The van der Waals surface area contributed by atoms with Gasteiger partial charge in [0.2, 0.25) is 11.8 Å². The number of carbonyl (C=O) groups excluding carboxylic acids is 2. The predicted octanol–water partition coefficient (Wildman–Crippen LogP) is 4.63. The largest absolute Gasteiger partial charge is 0.497 e. The van der Waals surface area contributed by atoms with Crippen LogP contribution in [0.2, 0.25) is 0 Å². The van der Waals surface area contributed by atoms with Crippen LogP contribution in [0.15, 0.2) is 60.0 Å². The lowest BCUT2D eigenvalue weighted by molar-refractivity contribution is -0.116. The summed E-state index contributed by atoms with van der Waals surface area (Å²) >= 11 is 1.18. The third-order valence-electron chi connectivity index (χ3n) is 3.85. The molecule has 0 aliphatic rings. The van der Waals surface area contributed by atoms with E-state index in [4.69, 9.17) is 4.74 Å². The molecule has 6 nitrogen and oxygen atoms in total. The first-order valence-corrected chi connectivity index (χ1v) is 9.50. The van der Waals surface area contributed by atoms with Crippen molar-refractivity contribution in [2.45, 2.75) is 6.92 Å². The molecule has 0 aliphatic heterocycles. The number of anilines is 3. The first kappa shape index (κ1) is 20.2. The number of benzene rings is 2. The first-order valence-electron chi connectivity index (χ1n) is 8.62. The summed E-state index contributed by atoms with van der Waals surface area (Å²) in [5, 5.41) is 4.72. The second-order valence-electron chi connectivity index (χ2n) is 5.92. The van der Waals surface area contributed by atoms with Gasteiger partial charge in [0.05, 0.1) is 18.5 Å². The molecule has 8 heteroatoms. The zero-order chi connectivity index (χ0) is 20.8. The van der Waals surface area contributed by atoms with Crippen molar-refractivity contribution < 1.29 is 18.7 Å². The van der Waals surface area contributed by atoms with Gasteiger partial charge >= 0.3 is 0 Å². The zero-order valence-electron chi connectivity index (χ0n) is 15.8. The van der Waals surface area contributed by atoms with Gasteiger partial charge in [-0.25, -0.2) is 9.37 Å². The molecule has 0 unspecified atom stereocenters. The maximum Gasteiger partial charge on any atom is 0.248 e. The van der Waals surface area contributed by atoms with Gasteiger partial charge in [-0.15, -0.1) is 11.3 Å². The highest BCUT2D eigenvalue weighted by Crippen LogP contribution is 2.31. The van der Waals surface area contributed by atoms with Gasteiger partial charge in [-0.3, -0.25) is 14.5 Å². The Kier molecular flexibility index (Phi) is 6.36. The molecule has 0 aliphatic carbocycles. The van der Waals surface area contributed by atoms with Crippen LogP contribution in [-0.2, 0) is 9.59 Å². The van der Waals surface area contributed by atoms with Crippen molar-refractivity contribution >= 4 is 45.7 Å². The number of halogens is 1. The van der Waals surface area contributed by atoms with Gasteiger partial charge in [-0.05, 0) is 30.3 Å². The molecule has 0 saturated heterocycles. The number of nitrogens with one attached hydrogen (secondary N) is 1. The minimum atomic E-state index is -0.521. The van der Waals surface area contributed by atoms with E-state index in [9.17, 15) is 14.0 Å². The number of thiazole rings is 1. The lowest BCUT2D eigenvalue weighted by atomic mass is 10.3. The average molecular weight is 411 g/mol. The van der Waals surface area contributed by atoms with Crippen LogP contribution < -0.4 is 15.0 Å². The van der Waals surface area contributed by atoms with Crippen molar-refractivity contribution in [2.75, 3.05) is 17.3 Å². The summed E-state index contributed by atoms with van der Waals surface area (Å²) in [6, 6.07) is 13.0. The van der Waals surface area contributed by atoms with Crippen molar-refractivity contribution in [1.29, 1.82) is 0 Å². The Hall–Kier alpha value is -3.52. The second kappa shape index (κ2) is 9.11. The van der Waals surface area contributed by atoms with E-state index in [0.29, 0.717) is 22.3 Å². The minimum absolute atomic E-state index is 0.126. The van der Waals surface area contributed by atoms with Crippen LogP contribution in [0, 0.1) is 5.82 Å². The van der Waals surface area contributed by atoms with E-state index < -0.39 is 5.82 Å². The smallest absolute Gasteiger partial charge is 0.248 e. The number of ether oxygens (including phenoxy) is 1. The number of amides is 2. The highest BCUT2D eigenvalue weighted by Gasteiger charge is 2.20. The number of hydrogen-bond donors (Lipinski definition) is 1. The third-order valence-corrected chi connectivity index (χ3v) is 4.70. The molecule has 0 bridgehead atoms. The Labute approximate surface area is 171 Å². The van der Waals surface area contributed by atoms with Crippen LogP contribution in [0.1, 0.15) is 12.6 Å². The fourth-order valence-electron chi connectivity index (χ4n) is 2.54. The highest BCUT2D eigenvalue weighted by molar-refractivity contribution is 7.14. The standard InChI is InChI=1S/C21H18FN3O3S/c1-14(26)25(19-9-4-3-8-18(19)22)21-24-16(13-29-21)10-11-20(27)23-15-6-5-7-17(12-15)28-2/h3-13H,1-2H3,(H,23,27)/b11-10+. The van der Waals surface area contributed by atoms with E-state index in [-0.39, 0.29) is 17.5 Å². The van der Waals surface area contributed by atoms with Gasteiger partial charge in [-0.1, -0.05) is 18.2 Å². The monoisotopic (exact) mass is 411 g/mol. The molecule has 1 aromatic heterocycles. The molecule has 3 rings (SSSR count). The maximum atomic E-state index is 14.1. The molecule has 2 aromatic carbocycles. The molecule has 1 N–H and O–H groups in total. The maximum absolute atomic E-state index is 14.1. The molecule has 1 heterocycles. The molecule has 2 amide bonds. The summed E-state index contributed by atoms with van der Waals surface area (Å²) in [5.74, 6) is -0.595. The molecule has 0 spiro atoms. The van der Waals surface area contributed by atoms with Gasteiger partial charge in [0.15, 0.2) is 5.13 Å². The van der Waals surface area contributed by atoms with Crippen LogP contribution in [0.3, 0.4) is 0 Å². The average Bonchev–Trinajstić information content (AvgIpc) is 3.16. The summed E-state index contributed by atoms with van der Waals surface area (Å²) in [7, 11) is 1.55. The summed E-state index contributed by atoms with van der Waals surface area (Å²) in [4.78, 5) is 29.7. The quantitative estimate of drug-likeness (QED) is 0.601. The van der Waals surface area contributed by atoms with Gasteiger partial charge < -0.3 is 10.1 Å². The minimum Gasteiger partial charge on any atom is -0.497 e. The van der Waals surface area contributed by atoms with E-state index in [1.807, 2.05) is 0 Å². The van der Waals surface area contributed by atoms with Crippen molar-refractivity contribution in [3.8, 4) is 5.75 Å². The van der Waals surface area contributed by atoms with Crippen LogP contribution in [0.5, 0.6) is 5.75 Å². The SMILES string of the molecule is COc1cccc(NC(=O)/C=C/c2csc(N(C(C)=O)c3ccccc3F)n2)c1. The fourth-order valence-corrected chi connectivity index (χ4v) is 3.39. The third kappa shape index (κ3) is 5.05. The van der Waals surface area contributed by atoms with Gasteiger partial charge in [0.1, 0.15) is 11.6 Å². The number of nitrogens with zero attached hydrogens (tertiary/aromatic N) is 2. The normalized spacial score (nSPS) is 10.7. The van der Waals surface area contributed by atoms with Gasteiger partial charge in [0.25, 0.3) is 0 Å². The topological polar surface area (TPSA) is 71.5 Å². The molecule has 3 aromatic rings. The molecule has 0 fully saturated rings. The van der Waals surface area contributed by atoms with Crippen LogP contribution in [0.25, 0.3) is 6.08 Å². The molecule has 29 heavy (non-hydrogen) atoms. The number of para-hydroxylation sites is 1. The summed E-state index contributed by atoms with van der Waals surface area (Å²) in [6.07, 6.45) is 2.86. The van der Waals surface area contributed by atoms with Gasteiger partial charge in [-0.2, -0.15) is 0 Å². The molecular formula is C21H18FN3O3S. The lowest BCUT2D eigenvalue weighted by Gasteiger charge is -2.18. The van der Waals surface area contributed by atoms with E-state index in [0.717, 1.165) is 0 Å². The molecular weight excluding hydrogens is 393 g/mol. The number of hydrogen-bond acceptors (Lipinski definition) is 5. The van der Waals surface area contributed by atoms with Crippen LogP contribution >= 0.6 is 11.3 Å². The molecule has 0 saturated carbocycles. The van der Waals surface area contributed by atoms with Crippen molar-refractivity contribution in [3.63, 3.8) is 0 Å². The van der Waals surface area contributed by atoms with Crippen LogP contribution in [0.4, 0.5) is 20.9 Å². The van der Waals surface area contributed by atoms with E-state index in [2.05, 4.69) is 10.3 Å². The fraction of sp³-hybridized carbons (Fsp3) is 0.0952. The predicted molar refractivity (Wildman–Crippen MR) is 112 cm³/mol. The number of aromatic nitrogens is 1. The van der Waals surface area contributed by atoms with E-state index >= 15 is 0 Å². The Morgan fingerprint density at radius 3 is 2.72 bits per heavy atom. The Bertz CT molecular complexity index is 1060. The summed E-state index contributed by atoms with van der Waals surface area (Å²) in [6.45, 7) is 1.34. The Balaban J connectivity index is 1.74. The van der Waals surface area contributed by atoms with Gasteiger partial charge in [0, 0.05) is 30.1 Å². The first-order chi connectivity index (χ1) is 14.0. The summed E-state index contributed by atoms with van der Waals surface area (Å²) < 4.78 is 19.2. The number of methoxy groups -OCH3 is 1. The molecule has 0 atom stereocenters. The van der Waals surface area contributed by atoms with Crippen molar-refractivity contribution in [3.05, 3.63) is 71.5 Å². The Morgan fingerprint density at radius 1 is 1.21 bits per heavy atom. The second-order valence-corrected chi connectivity index (χ2v) is 6.75.